The van der Waals surface area contributed by atoms with Crippen LogP contribution in [0, 0.1) is 5.92 Å². The quantitative estimate of drug-likeness (QED) is 0.463. The molecule has 0 fully saturated rings. The maximum absolute atomic E-state index is 12.3. The van der Waals surface area contributed by atoms with Gasteiger partial charge in [-0.15, -0.1) is 0 Å². The van der Waals surface area contributed by atoms with Gasteiger partial charge < -0.3 is 10.6 Å². The Morgan fingerprint density at radius 3 is 2.62 bits per heavy atom. The molecule has 0 aliphatic heterocycles. The van der Waals surface area contributed by atoms with Crippen LogP contribution in [0.25, 0.3) is 22.2 Å². The molecule has 0 aliphatic carbocycles. The molecule has 32 heavy (non-hydrogen) atoms. The molecule has 2 atom stereocenters. The maximum atomic E-state index is 12.3. The van der Waals surface area contributed by atoms with Crippen LogP contribution in [-0.2, 0) is 0 Å². The summed E-state index contributed by atoms with van der Waals surface area (Å²) >= 11 is 0. The summed E-state index contributed by atoms with van der Waals surface area (Å²) in [6.07, 6.45) is 8.18. The minimum absolute atomic E-state index is 0.111. The predicted molar refractivity (Wildman–Crippen MR) is 124 cm³/mol. The Hall–Kier alpha value is -3.94. The highest BCUT2D eigenvalue weighted by molar-refractivity contribution is 6.06. The number of para-hydroxylation sites is 1. The van der Waals surface area contributed by atoms with Gasteiger partial charge in [0.15, 0.2) is 0 Å². The second kappa shape index (κ2) is 9.47. The van der Waals surface area contributed by atoms with Crippen molar-refractivity contribution in [2.75, 3.05) is 18.9 Å². The van der Waals surface area contributed by atoms with Crippen LogP contribution in [0.5, 0.6) is 0 Å². The molecule has 4 aromatic rings. The van der Waals surface area contributed by atoms with Gasteiger partial charge in [-0.3, -0.25) is 9.78 Å². The average molecular weight is 428 g/mol. The minimum atomic E-state index is -0.111. The number of nitrogens with zero attached hydrogens (tertiary/aromatic N) is 5. The lowest BCUT2D eigenvalue weighted by Gasteiger charge is -2.22. The first-order valence-corrected chi connectivity index (χ1v) is 10.5. The summed E-state index contributed by atoms with van der Waals surface area (Å²) in [5.41, 5.74) is 4.22. The van der Waals surface area contributed by atoms with Gasteiger partial charge in [0.1, 0.15) is 18.5 Å². The van der Waals surface area contributed by atoms with Gasteiger partial charge in [0.05, 0.1) is 16.8 Å². The average Bonchev–Trinajstić information content (AvgIpc) is 2.86. The van der Waals surface area contributed by atoms with E-state index in [2.05, 4.69) is 55.5 Å². The molecule has 1 aromatic carbocycles. The fourth-order valence-corrected chi connectivity index (χ4v) is 3.69. The van der Waals surface area contributed by atoms with Crippen molar-refractivity contribution < 1.29 is 4.79 Å². The molecule has 8 nitrogen and oxygen atoms in total. The second-order valence-electron chi connectivity index (χ2n) is 7.74. The first-order valence-electron chi connectivity index (χ1n) is 10.5. The highest BCUT2D eigenvalue weighted by atomic mass is 16.1. The third-order valence-electron chi connectivity index (χ3n) is 5.75. The van der Waals surface area contributed by atoms with Gasteiger partial charge >= 0.3 is 0 Å². The van der Waals surface area contributed by atoms with E-state index in [1.807, 2.05) is 18.2 Å². The Labute approximate surface area is 186 Å². The number of aromatic nitrogens is 5. The number of hydrogen-bond acceptors (Lipinski definition) is 7. The number of fused-ring (bicyclic) bond motifs is 1. The number of amides is 1. The van der Waals surface area contributed by atoms with E-state index < -0.39 is 0 Å². The van der Waals surface area contributed by atoms with Crippen LogP contribution in [0.2, 0.25) is 0 Å². The summed E-state index contributed by atoms with van der Waals surface area (Å²) in [5, 5.41) is 6.98. The molecule has 3 heterocycles. The first-order chi connectivity index (χ1) is 15.6. The fourth-order valence-electron chi connectivity index (χ4n) is 3.69. The van der Waals surface area contributed by atoms with Crippen LogP contribution in [0.3, 0.4) is 0 Å². The number of hydrogen-bond donors (Lipinski definition) is 2. The van der Waals surface area contributed by atoms with Gasteiger partial charge in [-0.2, -0.15) is 0 Å². The molecule has 3 aromatic heterocycles. The summed E-state index contributed by atoms with van der Waals surface area (Å²) in [5.74, 6) is 1.13. The third-order valence-corrected chi connectivity index (χ3v) is 5.75. The lowest BCUT2D eigenvalue weighted by molar-refractivity contribution is 0.0964. The number of carbonyl (C=O) groups is 1. The molecule has 0 saturated carbocycles. The molecule has 8 heteroatoms. The normalized spacial score (nSPS) is 12.8. The lowest BCUT2D eigenvalue weighted by atomic mass is 9.87. The fraction of sp³-hybridized carbons (Fsp3) is 0.250. The van der Waals surface area contributed by atoms with Crippen molar-refractivity contribution in [1.29, 1.82) is 0 Å². The Bertz CT molecular complexity index is 1230. The van der Waals surface area contributed by atoms with Crippen LogP contribution >= 0.6 is 0 Å². The molecule has 1 amide bonds. The number of pyridine rings is 1. The van der Waals surface area contributed by atoms with Gasteiger partial charge in [-0.1, -0.05) is 32.0 Å². The third kappa shape index (κ3) is 4.39. The van der Waals surface area contributed by atoms with Gasteiger partial charge in [-0.25, -0.2) is 19.9 Å². The van der Waals surface area contributed by atoms with Crippen molar-refractivity contribution in [2.24, 2.45) is 5.92 Å². The zero-order valence-corrected chi connectivity index (χ0v) is 18.3. The van der Waals surface area contributed by atoms with E-state index in [4.69, 9.17) is 0 Å². The van der Waals surface area contributed by atoms with Crippen molar-refractivity contribution in [2.45, 2.75) is 19.8 Å². The number of nitrogens with one attached hydrogen (secondary N) is 2. The summed E-state index contributed by atoms with van der Waals surface area (Å²) in [6.45, 7) is 5.09. The van der Waals surface area contributed by atoms with E-state index in [0.29, 0.717) is 12.1 Å². The van der Waals surface area contributed by atoms with E-state index in [0.717, 1.165) is 33.5 Å². The summed E-state index contributed by atoms with van der Waals surface area (Å²) in [6, 6.07) is 9.67. The molecule has 0 saturated heterocycles. The largest absolute Gasteiger partial charge is 0.370 e. The highest BCUT2D eigenvalue weighted by Gasteiger charge is 2.19. The Morgan fingerprint density at radius 2 is 1.84 bits per heavy atom. The smallest absolute Gasteiger partial charge is 0.251 e. The second-order valence-corrected chi connectivity index (χ2v) is 7.74. The van der Waals surface area contributed by atoms with Crippen LogP contribution in [-0.4, -0.2) is 44.4 Å². The number of benzene rings is 1. The van der Waals surface area contributed by atoms with E-state index in [9.17, 15) is 4.79 Å². The highest BCUT2D eigenvalue weighted by Crippen LogP contribution is 2.31. The van der Waals surface area contributed by atoms with E-state index >= 15 is 0 Å². The topological polar surface area (TPSA) is 106 Å². The summed E-state index contributed by atoms with van der Waals surface area (Å²) in [4.78, 5) is 33.6. The molecule has 0 aliphatic rings. The van der Waals surface area contributed by atoms with Gasteiger partial charge in [0.2, 0.25) is 0 Å². The van der Waals surface area contributed by atoms with Crippen molar-refractivity contribution in [3.63, 3.8) is 0 Å². The molecule has 4 rings (SSSR count). The summed E-state index contributed by atoms with van der Waals surface area (Å²) < 4.78 is 0. The first kappa shape index (κ1) is 21.3. The van der Waals surface area contributed by atoms with Gasteiger partial charge in [-0.05, 0) is 23.5 Å². The number of carbonyl (C=O) groups excluding carboxylic acids is 1. The molecule has 0 spiro atoms. The number of rotatable bonds is 7. The van der Waals surface area contributed by atoms with Gasteiger partial charge in [0.25, 0.3) is 5.91 Å². The molecule has 0 bridgehead atoms. The number of anilines is 1. The molecule has 2 unspecified atom stereocenters. The predicted octanol–water partition coefficient (Wildman–Crippen LogP) is 3.69. The Kier molecular flexibility index (Phi) is 6.30. The zero-order chi connectivity index (χ0) is 22.5. The van der Waals surface area contributed by atoms with Crippen LogP contribution < -0.4 is 10.6 Å². The van der Waals surface area contributed by atoms with Crippen molar-refractivity contribution in [3.8, 4) is 11.3 Å². The molecule has 2 N–H and O–H groups in total. The van der Waals surface area contributed by atoms with Crippen molar-refractivity contribution in [1.82, 2.24) is 30.2 Å². The SMILES string of the molecule is CNC(=O)c1ccnc2c(C(C)C(C)CNc3cc(-c4cncnc4)ncn3)cccc12. The van der Waals surface area contributed by atoms with E-state index in [1.54, 1.807) is 31.7 Å². The van der Waals surface area contributed by atoms with Crippen LogP contribution in [0.4, 0.5) is 5.82 Å². The Morgan fingerprint density at radius 1 is 1.03 bits per heavy atom. The van der Waals surface area contributed by atoms with Crippen molar-refractivity contribution in [3.05, 3.63) is 72.7 Å². The van der Waals surface area contributed by atoms with Crippen LogP contribution in [0.1, 0.15) is 35.7 Å². The standard InChI is InChI=1S/C24H25N7O/c1-15(10-29-22-9-21(30-14-31-22)17-11-26-13-27-12-17)16(2)18-5-4-6-19-20(24(32)25-3)7-8-28-23(18)19/h4-9,11-16H,10H2,1-3H3,(H,25,32)(H,29,30,31). The maximum Gasteiger partial charge on any atom is 0.251 e. The monoisotopic (exact) mass is 427 g/mol. The molecular weight excluding hydrogens is 402 g/mol. The molecule has 162 valence electrons. The minimum Gasteiger partial charge on any atom is -0.370 e. The van der Waals surface area contributed by atoms with E-state index in [-0.39, 0.29) is 17.7 Å². The molecule has 0 radical (unpaired) electrons. The lowest BCUT2D eigenvalue weighted by Crippen LogP contribution is -2.19. The van der Waals surface area contributed by atoms with Crippen LogP contribution in [0.15, 0.2) is 61.6 Å². The zero-order valence-electron chi connectivity index (χ0n) is 18.3. The van der Waals surface area contributed by atoms with Gasteiger partial charge in [0, 0.05) is 49.2 Å². The Balaban J connectivity index is 1.52. The van der Waals surface area contributed by atoms with E-state index in [1.165, 1.54) is 12.7 Å². The summed E-state index contributed by atoms with van der Waals surface area (Å²) in [7, 11) is 1.64. The van der Waals surface area contributed by atoms with Crippen molar-refractivity contribution >= 4 is 22.6 Å². The molecular formula is C24H25N7O.